The monoisotopic (exact) mass is 164 g/mol. The van der Waals surface area contributed by atoms with E-state index in [-0.39, 0.29) is 0 Å². The van der Waals surface area contributed by atoms with Crippen molar-refractivity contribution in [3.8, 4) is 0 Å². The Morgan fingerprint density at radius 2 is 1.92 bits per heavy atom. The van der Waals surface area contributed by atoms with Gasteiger partial charge in [0.15, 0.2) is 11.5 Å². The molecule has 0 saturated heterocycles. The van der Waals surface area contributed by atoms with E-state index in [1.165, 1.54) is 5.57 Å². The maximum absolute atomic E-state index is 5.46. The Balaban J connectivity index is 2.34. The van der Waals surface area contributed by atoms with Crippen LogP contribution in [0, 0.1) is 0 Å². The van der Waals surface area contributed by atoms with Crippen LogP contribution < -0.4 is 0 Å². The lowest BCUT2D eigenvalue weighted by molar-refractivity contribution is 0.0769. The van der Waals surface area contributed by atoms with Gasteiger partial charge in [-0.3, -0.25) is 0 Å². The Morgan fingerprint density at radius 1 is 1.17 bits per heavy atom. The van der Waals surface area contributed by atoms with Crippen LogP contribution >= 0.6 is 0 Å². The average Bonchev–Trinajstić information content (AvgIpc) is 2.25. The molecule has 0 aromatic heterocycles. The number of allylic oxidation sites excluding steroid dienone is 4. The minimum atomic E-state index is 0.663. The van der Waals surface area contributed by atoms with Gasteiger partial charge in [0.2, 0.25) is 0 Å². The Bertz CT molecular complexity index is 272. The van der Waals surface area contributed by atoms with Gasteiger partial charge >= 0.3 is 0 Å². The number of hydrogen-bond donors (Lipinski definition) is 0. The molecule has 1 aliphatic carbocycles. The number of rotatable bonds is 0. The standard InChI is InChI=1S/C10H12O2/c1-8-3-2-4-9-10(7-8)12-6-5-11-9/h2,4,7H,3,5-6H2,1H3. The van der Waals surface area contributed by atoms with E-state index in [4.69, 9.17) is 9.47 Å². The van der Waals surface area contributed by atoms with E-state index in [1.54, 1.807) is 0 Å². The molecule has 0 aromatic carbocycles. The molecule has 0 saturated carbocycles. The van der Waals surface area contributed by atoms with Gasteiger partial charge in [0.05, 0.1) is 0 Å². The summed E-state index contributed by atoms with van der Waals surface area (Å²) in [5, 5.41) is 0. The van der Waals surface area contributed by atoms with E-state index in [2.05, 4.69) is 19.1 Å². The molecule has 0 amide bonds. The summed E-state index contributed by atoms with van der Waals surface area (Å²) >= 11 is 0. The lowest BCUT2D eigenvalue weighted by Gasteiger charge is -2.17. The third-order valence-corrected chi connectivity index (χ3v) is 1.93. The van der Waals surface area contributed by atoms with Crippen LogP contribution in [0.3, 0.4) is 0 Å². The molecule has 0 unspecified atom stereocenters. The fraction of sp³-hybridized carbons (Fsp3) is 0.400. The summed E-state index contributed by atoms with van der Waals surface area (Å²) in [6, 6.07) is 0. The SMILES string of the molecule is CC1=CC2=C(C=CC1)OCCO2. The Kier molecular flexibility index (Phi) is 1.90. The molecule has 0 bridgehead atoms. The zero-order valence-electron chi connectivity index (χ0n) is 7.17. The highest BCUT2D eigenvalue weighted by Crippen LogP contribution is 2.21. The van der Waals surface area contributed by atoms with Gasteiger partial charge in [-0.2, -0.15) is 0 Å². The van der Waals surface area contributed by atoms with Crippen molar-refractivity contribution in [2.75, 3.05) is 13.2 Å². The molecule has 0 radical (unpaired) electrons. The summed E-state index contributed by atoms with van der Waals surface area (Å²) in [4.78, 5) is 0. The molecular weight excluding hydrogens is 152 g/mol. The summed E-state index contributed by atoms with van der Waals surface area (Å²) in [5.41, 5.74) is 1.31. The van der Waals surface area contributed by atoms with Gasteiger partial charge in [0.25, 0.3) is 0 Å². The molecule has 2 rings (SSSR count). The van der Waals surface area contributed by atoms with E-state index in [0.717, 1.165) is 17.9 Å². The number of hydrogen-bond acceptors (Lipinski definition) is 2. The van der Waals surface area contributed by atoms with Crippen LogP contribution in [0.4, 0.5) is 0 Å². The largest absolute Gasteiger partial charge is 0.486 e. The molecular formula is C10H12O2. The van der Waals surface area contributed by atoms with Crippen LogP contribution in [0.25, 0.3) is 0 Å². The van der Waals surface area contributed by atoms with E-state index >= 15 is 0 Å². The van der Waals surface area contributed by atoms with E-state index in [9.17, 15) is 0 Å². The van der Waals surface area contributed by atoms with Crippen LogP contribution in [-0.4, -0.2) is 13.2 Å². The van der Waals surface area contributed by atoms with E-state index in [1.807, 2.05) is 6.08 Å². The Labute approximate surface area is 72.2 Å². The zero-order chi connectivity index (χ0) is 8.39. The first-order valence-electron chi connectivity index (χ1n) is 4.20. The average molecular weight is 164 g/mol. The first-order chi connectivity index (χ1) is 5.86. The molecule has 2 aliphatic rings. The van der Waals surface area contributed by atoms with Crippen molar-refractivity contribution in [3.05, 3.63) is 35.3 Å². The van der Waals surface area contributed by atoms with Crippen LogP contribution in [-0.2, 0) is 9.47 Å². The highest BCUT2D eigenvalue weighted by atomic mass is 16.6. The predicted molar refractivity (Wildman–Crippen MR) is 46.4 cm³/mol. The molecule has 0 fully saturated rings. The summed E-state index contributed by atoms with van der Waals surface area (Å²) in [6.45, 7) is 3.42. The van der Waals surface area contributed by atoms with Crippen molar-refractivity contribution in [2.24, 2.45) is 0 Å². The van der Waals surface area contributed by atoms with Gasteiger partial charge in [-0.05, 0) is 25.5 Å². The van der Waals surface area contributed by atoms with E-state index in [0.29, 0.717) is 13.2 Å². The van der Waals surface area contributed by atoms with Gasteiger partial charge < -0.3 is 9.47 Å². The molecule has 0 aromatic rings. The van der Waals surface area contributed by atoms with Crippen molar-refractivity contribution in [1.29, 1.82) is 0 Å². The molecule has 12 heavy (non-hydrogen) atoms. The summed E-state index contributed by atoms with van der Waals surface area (Å²) in [6.07, 6.45) is 7.12. The third-order valence-electron chi connectivity index (χ3n) is 1.93. The highest BCUT2D eigenvalue weighted by Gasteiger charge is 2.12. The molecule has 0 atom stereocenters. The summed E-state index contributed by atoms with van der Waals surface area (Å²) in [7, 11) is 0. The van der Waals surface area contributed by atoms with Crippen LogP contribution in [0.15, 0.2) is 35.3 Å². The van der Waals surface area contributed by atoms with Crippen LogP contribution in [0.5, 0.6) is 0 Å². The van der Waals surface area contributed by atoms with Crippen molar-refractivity contribution in [3.63, 3.8) is 0 Å². The zero-order valence-corrected chi connectivity index (χ0v) is 7.17. The number of ether oxygens (including phenoxy) is 2. The van der Waals surface area contributed by atoms with Gasteiger partial charge in [-0.25, -0.2) is 0 Å². The minimum Gasteiger partial charge on any atom is -0.486 e. The lowest BCUT2D eigenvalue weighted by Crippen LogP contribution is -2.11. The smallest absolute Gasteiger partial charge is 0.161 e. The van der Waals surface area contributed by atoms with Crippen molar-refractivity contribution < 1.29 is 9.47 Å². The van der Waals surface area contributed by atoms with Gasteiger partial charge in [0, 0.05) is 0 Å². The van der Waals surface area contributed by atoms with Crippen molar-refractivity contribution >= 4 is 0 Å². The Morgan fingerprint density at radius 3 is 2.75 bits per heavy atom. The normalized spacial score (nSPS) is 21.9. The second-order valence-electron chi connectivity index (χ2n) is 3.02. The second-order valence-corrected chi connectivity index (χ2v) is 3.02. The molecule has 1 aliphatic heterocycles. The van der Waals surface area contributed by atoms with Crippen LogP contribution in [0.2, 0.25) is 0 Å². The first kappa shape index (κ1) is 7.47. The second kappa shape index (κ2) is 3.05. The molecule has 64 valence electrons. The molecule has 1 heterocycles. The predicted octanol–water partition coefficient (Wildman–Crippen LogP) is 2.15. The maximum atomic E-state index is 5.46. The fourth-order valence-electron chi connectivity index (χ4n) is 1.32. The fourth-order valence-corrected chi connectivity index (χ4v) is 1.32. The third kappa shape index (κ3) is 1.37. The van der Waals surface area contributed by atoms with Gasteiger partial charge in [0.1, 0.15) is 13.2 Å². The van der Waals surface area contributed by atoms with E-state index < -0.39 is 0 Å². The van der Waals surface area contributed by atoms with Gasteiger partial charge in [-0.1, -0.05) is 11.6 Å². The van der Waals surface area contributed by atoms with Crippen molar-refractivity contribution in [2.45, 2.75) is 13.3 Å². The van der Waals surface area contributed by atoms with Crippen LogP contribution in [0.1, 0.15) is 13.3 Å². The minimum absolute atomic E-state index is 0.663. The molecule has 0 N–H and O–H groups in total. The molecule has 2 nitrogen and oxygen atoms in total. The highest BCUT2D eigenvalue weighted by molar-refractivity contribution is 5.32. The molecule has 0 spiro atoms. The quantitative estimate of drug-likeness (QED) is 0.546. The summed E-state index contributed by atoms with van der Waals surface area (Å²) in [5.74, 6) is 1.76. The summed E-state index contributed by atoms with van der Waals surface area (Å²) < 4.78 is 10.9. The Hall–Kier alpha value is -1.18. The first-order valence-corrected chi connectivity index (χ1v) is 4.20. The molecule has 2 heteroatoms. The topological polar surface area (TPSA) is 18.5 Å². The van der Waals surface area contributed by atoms with Crippen molar-refractivity contribution in [1.82, 2.24) is 0 Å². The lowest BCUT2D eigenvalue weighted by atomic mass is 10.2. The maximum Gasteiger partial charge on any atom is 0.161 e. The van der Waals surface area contributed by atoms with Gasteiger partial charge in [-0.15, -0.1) is 0 Å².